The van der Waals surface area contributed by atoms with E-state index in [0.29, 0.717) is 24.8 Å². The molecule has 1 N–H and O–H groups in total. The Morgan fingerprint density at radius 1 is 1.28 bits per heavy atom. The molecule has 1 aromatic carbocycles. The fourth-order valence-electron chi connectivity index (χ4n) is 4.95. The minimum atomic E-state index is -3.86. The Morgan fingerprint density at radius 3 is 2.75 bits per heavy atom. The summed E-state index contributed by atoms with van der Waals surface area (Å²) >= 11 is 0. The highest BCUT2D eigenvalue weighted by molar-refractivity contribution is 7.89. The highest BCUT2D eigenvalue weighted by Gasteiger charge is 2.38. The van der Waals surface area contributed by atoms with Crippen LogP contribution in [0.15, 0.2) is 47.6 Å². The van der Waals surface area contributed by atoms with E-state index in [-0.39, 0.29) is 30.1 Å². The summed E-state index contributed by atoms with van der Waals surface area (Å²) in [6.45, 7) is 5.06. The molecule has 2 aliphatic rings. The van der Waals surface area contributed by atoms with Crippen molar-refractivity contribution in [2.45, 2.75) is 63.1 Å². The molecule has 194 valence electrons. The first-order valence-corrected chi connectivity index (χ1v) is 14.2. The number of ether oxygens (including phenoxy) is 1. The molecule has 0 bridgehead atoms. The topological polar surface area (TPSA) is 83.0 Å². The number of likely N-dealkylation sites (N-methyl/N-ethyl adjacent to an activating group) is 1. The second kappa shape index (κ2) is 11.7. The van der Waals surface area contributed by atoms with Crippen molar-refractivity contribution in [3.8, 4) is 17.6 Å². The quantitative estimate of drug-likeness (QED) is 0.598. The van der Waals surface area contributed by atoms with Crippen molar-refractivity contribution in [1.82, 2.24) is 14.2 Å². The fraction of sp³-hybridized carbons (Fsp3) is 0.536. The lowest BCUT2D eigenvalue weighted by Gasteiger charge is -2.37. The van der Waals surface area contributed by atoms with Gasteiger partial charge in [-0.05, 0) is 56.6 Å². The predicted octanol–water partition coefficient (Wildman–Crippen LogP) is 3.52. The zero-order valence-corrected chi connectivity index (χ0v) is 22.2. The van der Waals surface area contributed by atoms with Crippen LogP contribution < -0.4 is 4.74 Å². The van der Waals surface area contributed by atoms with Crippen molar-refractivity contribution < 1.29 is 18.3 Å². The van der Waals surface area contributed by atoms with Crippen LogP contribution in [0, 0.1) is 23.7 Å². The van der Waals surface area contributed by atoms with Crippen LogP contribution in [0.2, 0.25) is 0 Å². The second-order valence-electron chi connectivity index (χ2n) is 10.2. The largest absolute Gasteiger partial charge is 0.487 e. The van der Waals surface area contributed by atoms with Crippen molar-refractivity contribution in [3.63, 3.8) is 0 Å². The zero-order valence-electron chi connectivity index (χ0n) is 21.4. The van der Waals surface area contributed by atoms with Gasteiger partial charge in [0.2, 0.25) is 10.0 Å². The molecule has 1 saturated carbocycles. The van der Waals surface area contributed by atoms with Gasteiger partial charge in [0, 0.05) is 55.5 Å². The van der Waals surface area contributed by atoms with E-state index >= 15 is 0 Å². The van der Waals surface area contributed by atoms with Crippen LogP contribution in [0.1, 0.15) is 50.7 Å². The smallest absolute Gasteiger partial charge is 0.247 e. The highest BCUT2D eigenvalue weighted by atomic mass is 32.2. The van der Waals surface area contributed by atoms with E-state index in [9.17, 15) is 13.5 Å². The van der Waals surface area contributed by atoms with Crippen molar-refractivity contribution in [2.24, 2.45) is 11.8 Å². The van der Waals surface area contributed by atoms with E-state index in [4.69, 9.17) is 4.74 Å². The van der Waals surface area contributed by atoms with Gasteiger partial charge in [-0.3, -0.25) is 9.88 Å². The molecule has 2 aromatic rings. The number of hydrogen-bond acceptors (Lipinski definition) is 6. The average Bonchev–Trinajstić information content (AvgIpc) is 3.39. The van der Waals surface area contributed by atoms with E-state index in [2.05, 4.69) is 21.7 Å². The third-order valence-electron chi connectivity index (χ3n) is 7.11. The molecule has 4 rings (SSSR count). The maximum absolute atomic E-state index is 13.7. The summed E-state index contributed by atoms with van der Waals surface area (Å²) in [5, 5.41) is 9.84. The first-order valence-electron chi connectivity index (χ1n) is 12.8. The van der Waals surface area contributed by atoms with Crippen LogP contribution in [0.25, 0.3) is 0 Å². The molecular weight excluding hydrogens is 474 g/mol. The molecule has 8 heteroatoms. The van der Waals surface area contributed by atoms with Crippen molar-refractivity contribution in [1.29, 1.82) is 0 Å². The van der Waals surface area contributed by atoms with Crippen LogP contribution in [0.4, 0.5) is 0 Å². The lowest BCUT2D eigenvalue weighted by molar-refractivity contribution is 0.0733. The minimum Gasteiger partial charge on any atom is -0.487 e. The van der Waals surface area contributed by atoms with Gasteiger partial charge in [0.05, 0.1) is 6.61 Å². The molecule has 0 saturated heterocycles. The number of aliphatic hydroxyl groups excluding tert-OH is 1. The van der Waals surface area contributed by atoms with Gasteiger partial charge in [-0.15, -0.1) is 0 Å². The standard InChI is InChI=1S/C28H37N3O4S/c1-21-17-31(22(2)20-32)36(33,34)28-13-12-24(11-10-23-7-4-5-8-23)15-26(28)35-27(21)19-30(3)18-25-9-6-14-29-16-25/h6,9,12-16,21-23,27,32H,4-5,7-8,17-20H2,1-3H3/t21-,22-,27-/m0/s1. The van der Waals surface area contributed by atoms with E-state index < -0.39 is 16.1 Å². The van der Waals surface area contributed by atoms with Gasteiger partial charge in [-0.25, -0.2) is 8.42 Å². The number of aromatic nitrogens is 1. The Bertz CT molecular complexity index is 1190. The van der Waals surface area contributed by atoms with Gasteiger partial charge >= 0.3 is 0 Å². The van der Waals surface area contributed by atoms with Crippen LogP contribution in [0.5, 0.6) is 5.75 Å². The van der Waals surface area contributed by atoms with Gasteiger partial charge in [-0.1, -0.05) is 37.7 Å². The molecule has 0 spiro atoms. The molecule has 0 unspecified atom stereocenters. The molecule has 1 aromatic heterocycles. The molecule has 36 heavy (non-hydrogen) atoms. The lowest BCUT2D eigenvalue weighted by atomic mass is 10.0. The third kappa shape index (κ3) is 6.27. The number of rotatable bonds is 6. The zero-order chi connectivity index (χ0) is 25.7. The first kappa shape index (κ1) is 26.6. The van der Waals surface area contributed by atoms with Gasteiger partial charge in [0.25, 0.3) is 0 Å². The van der Waals surface area contributed by atoms with Crippen LogP contribution >= 0.6 is 0 Å². The normalized spacial score (nSPS) is 23.1. The molecule has 1 aliphatic heterocycles. The Morgan fingerprint density at radius 2 is 2.06 bits per heavy atom. The van der Waals surface area contributed by atoms with Gasteiger partial charge < -0.3 is 9.84 Å². The molecule has 1 aliphatic carbocycles. The van der Waals surface area contributed by atoms with E-state index in [1.165, 1.54) is 17.1 Å². The maximum Gasteiger partial charge on any atom is 0.247 e. The predicted molar refractivity (Wildman–Crippen MR) is 140 cm³/mol. The summed E-state index contributed by atoms with van der Waals surface area (Å²) < 4.78 is 35.2. The summed E-state index contributed by atoms with van der Waals surface area (Å²) in [5.74, 6) is 7.24. The number of sulfonamides is 1. The van der Waals surface area contributed by atoms with Crippen molar-refractivity contribution in [3.05, 3.63) is 53.9 Å². The Hall–Kier alpha value is -2.44. The van der Waals surface area contributed by atoms with Gasteiger partial charge in [-0.2, -0.15) is 4.31 Å². The Kier molecular flexibility index (Phi) is 8.68. The summed E-state index contributed by atoms with van der Waals surface area (Å²) in [6.07, 6.45) is 8.03. The second-order valence-corrected chi connectivity index (χ2v) is 12.1. The van der Waals surface area contributed by atoms with Gasteiger partial charge in [0.1, 0.15) is 16.7 Å². The van der Waals surface area contributed by atoms with E-state index in [1.54, 1.807) is 31.3 Å². The molecule has 0 radical (unpaired) electrons. The van der Waals surface area contributed by atoms with Gasteiger partial charge in [0.15, 0.2) is 0 Å². The maximum atomic E-state index is 13.7. The molecule has 2 heterocycles. The summed E-state index contributed by atoms with van der Waals surface area (Å²) in [7, 11) is -1.83. The van der Waals surface area contributed by atoms with Crippen molar-refractivity contribution in [2.75, 3.05) is 26.7 Å². The van der Waals surface area contributed by atoms with Crippen molar-refractivity contribution >= 4 is 10.0 Å². The number of pyridine rings is 1. The monoisotopic (exact) mass is 511 g/mol. The number of fused-ring (bicyclic) bond motifs is 1. The first-order chi connectivity index (χ1) is 17.3. The molecule has 0 amide bonds. The molecule has 1 fully saturated rings. The molecular formula is C28H37N3O4S. The fourth-order valence-corrected chi connectivity index (χ4v) is 6.78. The molecule has 3 atom stereocenters. The summed E-state index contributed by atoms with van der Waals surface area (Å²) in [4.78, 5) is 6.49. The van der Waals surface area contributed by atoms with Crippen LogP contribution in [-0.4, -0.2) is 66.6 Å². The SMILES string of the molecule is C[C@H]1CN([C@@H](C)CO)S(=O)(=O)c2ccc(C#CC3CCCC3)cc2O[C@H]1CN(C)Cc1cccnc1. The number of benzene rings is 1. The summed E-state index contributed by atoms with van der Waals surface area (Å²) in [5.41, 5.74) is 1.86. The average molecular weight is 512 g/mol. The van der Waals surface area contributed by atoms with E-state index in [0.717, 1.165) is 24.0 Å². The van der Waals surface area contributed by atoms with Crippen LogP contribution in [-0.2, 0) is 16.6 Å². The van der Waals surface area contributed by atoms with Crippen LogP contribution in [0.3, 0.4) is 0 Å². The Labute approximate surface area is 215 Å². The summed E-state index contributed by atoms with van der Waals surface area (Å²) in [6, 6.07) is 8.54. The third-order valence-corrected chi connectivity index (χ3v) is 9.13. The number of nitrogens with zero attached hydrogens (tertiary/aromatic N) is 3. The highest BCUT2D eigenvalue weighted by Crippen LogP contribution is 2.34. The minimum absolute atomic E-state index is 0.105. The number of hydrogen-bond donors (Lipinski definition) is 1. The molecule has 7 nitrogen and oxygen atoms in total. The number of aliphatic hydroxyl groups is 1. The lowest BCUT2D eigenvalue weighted by Crippen LogP contribution is -2.49. The van der Waals surface area contributed by atoms with E-state index in [1.807, 2.05) is 32.3 Å². The Balaban J connectivity index is 1.66.